The van der Waals surface area contributed by atoms with E-state index in [0.29, 0.717) is 0 Å². The summed E-state index contributed by atoms with van der Waals surface area (Å²) in [7, 11) is 1.80. The Balaban J connectivity index is 0.00000225. The minimum atomic E-state index is -1.43. The van der Waals surface area contributed by atoms with Gasteiger partial charge in [0.2, 0.25) is 0 Å². The highest BCUT2D eigenvalue weighted by Gasteiger charge is 2.47. The molecular formula is C20H29ClN2O2. The summed E-state index contributed by atoms with van der Waals surface area (Å²) in [6.07, 6.45) is 8.05. The van der Waals surface area contributed by atoms with Gasteiger partial charge in [0, 0.05) is 31.8 Å². The molecule has 0 radical (unpaired) electrons. The first-order valence-corrected chi connectivity index (χ1v) is 9.10. The summed E-state index contributed by atoms with van der Waals surface area (Å²) in [5, 5.41) is 14.9. The first-order chi connectivity index (χ1) is 11.6. The van der Waals surface area contributed by atoms with Gasteiger partial charge in [-0.3, -0.25) is 4.79 Å². The van der Waals surface area contributed by atoms with Gasteiger partial charge < -0.3 is 15.3 Å². The molecule has 1 aromatic carbocycles. The van der Waals surface area contributed by atoms with Gasteiger partial charge in [-0.25, -0.2) is 0 Å². The summed E-state index contributed by atoms with van der Waals surface area (Å²) in [5.41, 5.74) is 0.300. The number of aliphatic hydroxyl groups is 1. The number of hydrogen-bond donors (Lipinski definition) is 2. The van der Waals surface area contributed by atoms with Crippen molar-refractivity contribution in [2.45, 2.75) is 44.1 Å². The van der Waals surface area contributed by atoms with Crippen LogP contribution in [0.3, 0.4) is 0 Å². The molecule has 1 amide bonds. The first kappa shape index (κ1) is 20.0. The summed E-state index contributed by atoms with van der Waals surface area (Å²) in [5.74, 6) is -0.195. The van der Waals surface area contributed by atoms with Crippen LogP contribution < -0.4 is 5.32 Å². The van der Waals surface area contributed by atoms with Gasteiger partial charge in [-0.2, -0.15) is 0 Å². The number of rotatable bonds is 4. The molecule has 1 atom stereocenters. The van der Waals surface area contributed by atoms with E-state index in [2.05, 4.69) is 5.32 Å². The molecule has 138 valence electrons. The summed E-state index contributed by atoms with van der Waals surface area (Å²) < 4.78 is 0. The highest BCUT2D eigenvalue weighted by molar-refractivity contribution is 5.88. The Kier molecular flexibility index (Phi) is 7.05. The van der Waals surface area contributed by atoms with Gasteiger partial charge >= 0.3 is 0 Å². The van der Waals surface area contributed by atoms with Gasteiger partial charge in [-0.15, -0.1) is 12.4 Å². The van der Waals surface area contributed by atoms with E-state index in [1.807, 2.05) is 36.4 Å². The highest BCUT2D eigenvalue weighted by atomic mass is 35.5. The van der Waals surface area contributed by atoms with Crippen molar-refractivity contribution in [3.63, 3.8) is 0 Å². The Bertz CT molecular complexity index is 599. The van der Waals surface area contributed by atoms with Crippen molar-refractivity contribution in [1.82, 2.24) is 10.2 Å². The molecule has 0 spiro atoms. The van der Waals surface area contributed by atoms with Crippen LogP contribution in [-0.2, 0) is 10.4 Å². The van der Waals surface area contributed by atoms with Crippen molar-refractivity contribution < 1.29 is 9.90 Å². The molecule has 0 bridgehead atoms. The van der Waals surface area contributed by atoms with Crippen LogP contribution in [0.4, 0.5) is 0 Å². The molecule has 1 aliphatic carbocycles. The average molecular weight is 365 g/mol. The summed E-state index contributed by atoms with van der Waals surface area (Å²) >= 11 is 0. The van der Waals surface area contributed by atoms with Crippen LogP contribution in [0.15, 0.2) is 42.1 Å². The van der Waals surface area contributed by atoms with Gasteiger partial charge in [0.1, 0.15) is 0 Å². The van der Waals surface area contributed by atoms with Gasteiger partial charge in [-0.05, 0) is 24.8 Å². The van der Waals surface area contributed by atoms with Crippen LogP contribution in [0.25, 0.3) is 0 Å². The van der Waals surface area contributed by atoms with Crippen LogP contribution in [0.2, 0.25) is 0 Å². The van der Waals surface area contributed by atoms with Crippen molar-refractivity contribution in [3.05, 3.63) is 47.7 Å². The number of amides is 1. The fourth-order valence-corrected chi connectivity index (χ4v) is 4.05. The van der Waals surface area contributed by atoms with Crippen molar-refractivity contribution in [2.24, 2.45) is 5.92 Å². The third kappa shape index (κ3) is 4.08. The third-order valence-electron chi connectivity index (χ3n) is 5.51. The minimum Gasteiger partial charge on any atom is -0.375 e. The second-order valence-corrected chi connectivity index (χ2v) is 6.98. The van der Waals surface area contributed by atoms with Gasteiger partial charge in [0.15, 0.2) is 5.60 Å². The molecule has 2 N–H and O–H groups in total. The van der Waals surface area contributed by atoms with Gasteiger partial charge in [-0.1, -0.05) is 55.7 Å². The van der Waals surface area contributed by atoms with Crippen LogP contribution in [0, 0.1) is 5.92 Å². The Hall–Kier alpha value is -1.36. The van der Waals surface area contributed by atoms with E-state index in [1.54, 1.807) is 11.9 Å². The number of carbonyl (C=O) groups is 1. The smallest absolute Gasteiger partial charge is 0.263 e. The van der Waals surface area contributed by atoms with E-state index in [-0.39, 0.29) is 24.2 Å². The van der Waals surface area contributed by atoms with Crippen LogP contribution >= 0.6 is 12.4 Å². The Morgan fingerprint density at radius 3 is 2.48 bits per heavy atom. The molecule has 2 aliphatic rings. The minimum absolute atomic E-state index is 0. The molecule has 1 heterocycles. The monoisotopic (exact) mass is 364 g/mol. The van der Waals surface area contributed by atoms with Crippen molar-refractivity contribution in [1.29, 1.82) is 0 Å². The van der Waals surface area contributed by atoms with Crippen LogP contribution in [-0.4, -0.2) is 36.1 Å². The first-order valence-electron chi connectivity index (χ1n) is 9.10. The number of hydrogen-bond acceptors (Lipinski definition) is 3. The van der Waals surface area contributed by atoms with Crippen molar-refractivity contribution >= 4 is 18.3 Å². The Labute approximate surface area is 156 Å². The molecule has 3 rings (SSSR count). The van der Waals surface area contributed by atoms with E-state index in [1.165, 1.54) is 6.42 Å². The predicted molar refractivity (Wildman–Crippen MR) is 103 cm³/mol. The molecule has 4 nitrogen and oxygen atoms in total. The standard InChI is InChI=1S/C20H28N2O2.ClH/c1-22(18-12-14-21-15-13-18)19(23)20(24,16-8-4-2-5-9-16)17-10-6-3-7-11-17;/h2,4-5,8-9,12,17,21,24H,3,6-7,10-11,13-15H2,1H3;1H. The third-order valence-corrected chi connectivity index (χ3v) is 5.51. The lowest BCUT2D eigenvalue weighted by Crippen LogP contribution is -2.51. The number of carbonyl (C=O) groups excluding carboxylic acids is 1. The van der Waals surface area contributed by atoms with Gasteiger partial charge in [0.05, 0.1) is 0 Å². The molecular weight excluding hydrogens is 336 g/mol. The number of nitrogens with one attached hydrogen (secondary N) is 1. The number of likely N-dealkylation sites (N-methyl/N-ethyl adjacent to an activating group) is 1. The Morgan fingerprint density at radius 2 is 1.88 bits per heavy atom. The lowest BCUT2D eigenvalue weighted by atomic mass is 9.72. The number of nitrogens with zero attached hydrogens (tertiary/aromatic N) is 1. The normalized spacial score (nSPS) is 20.8. The van der Waals surface area contributed by atoms with E-state index >= 15 is 0 Å². The summed E-state index contributed by atoms with van der Waals surface area (Å²) in [6, 6.07) is 9.50. The molecule has 1 aliphatic heterocycles. The second-order valence-electron chi connectivity index (χ2n) is 6.98. The fraction of sp³-hybridized carbons (Fsp3) is 0.550. The lowest BCUT2D eigenvalue weighted by molar-refractivity contribution is -0.158. The van der Waals surface area contributed by atoms with Crippen molar-refractivity contribution in [3.8, 4) is 0 Å². The average Bonchev–Trinajstić information content (AvgIpc) is 2.68. The largest absolute Gasteiger partial charge is 0.375 e. The zero-order valence-electron chi connectivity index (χ0n) is 14.9. The number of benzene rings is 1. The van der Waals surface area contributed by atoms with E-state index < -0.39 is 5.60 Å². The quantitative estimate of drug-likeness (QED) is 0.862. The van der Waals surface area contributed by atoms with E-state index in [9.17, 15) is 9.90 Å². The SMILES string of the molecule is CN(C(=O)C(O)(c1ccccc1)C1CCCCC1)C1=CCNCC1.Cl. The van der Waals surface area contributed by atoms with Crippen LogP contribution in [0.5, 0.6) is 0 Å². The van der Waals surface area contributed by atoms with Gasteiger partial charge in [0.25, 0.3) is 5.91 Å². The van der Waals surface area contributed by atoms with E-state index in [4.69, 9.17) is 0 Å². The second kappa shape index (κ2) is 8.84. The topological polar surface area (TPSA) is 52.6 Å². The fourth-order valence-electron chi connectivity index (χ4n) is 4.05. The Morgan fingerprint density at radius 1 is 1.20 bits per heavy atom. The molecule has 5 heteroatoms. The zero-order chi connectivity index (χ0) is 17.0. The van der Waals surface area contributed by atoms with Crippen LogP contribution in [0.1, 0.15) is 44.1 Å². The zero-order valence-corrected chi connectivity index (χ0v) is 15.7. The molecule has 25 heavy (non-hydrogen) atoms. The predicted octanol–water partition coefficient (Wildman–Crippen LogP) is 3.21. The summed E-state index contributed by atoms with van der Waals surface area (Å²) in [4.78, 5) is 15.1. The molecule has 0 saturated heterocycles. The molecule has 0 aromatic heterocycles. The maximum atomic E-state index is 13.4. The molecule has 1 fully saturated rings. The van der Waals surface area contributed by atoms with E-state index in [0.717, 1.165) is 56.5 Å². The molecule has 1 aromatic rings. The highest BCUT2D eigenvalue weighted by Crippen LogP contribution is 2.41. The maximum absolute atomic E-state index is 13.4. The number of halogens is 1. The molecule has 1 unspecified atom stereocenters. The van der Waals surface area contributed by atoms with Crippen molar-refractivity contribution in [2.75, 3.05) is 20.1 Å². The summed E-state index contributed by atoms with van der Waals surface area (Å²) in [6.45, 7) is 1.65. The maximum Gasteiger partial charge on any atom is 0.263 e. The lowest BCUT2D eigenvalue weighted by Gasteiger charge is -2.40. The molecule has 1 saturated carbocycles.